The van der Waals surface area contributed by atoms with Gasteiger partial charge in [-0.25, -0.2) is 8.42 Å². The Morgan fingerprint density at radius 1 is 1.44 bits per heavy atom. The SMILES string of the molecule is CC(C)CS(=O)(=O)Cc1ccnc(CN)c1. The predicted molar refractivity (Wildman–Crippen MR) is 64.5 cm³/mol. The van der Waals surface area contributed by atoms with E-state index in [4.69, 9.17) is 5.73 Å². The molecule has 0 aliphatic rings. The quantitative estimate of drug-likeness (QED) is 0.839. The first-order valence-corrected chi connectivity index (χ1v) is 7.09. The molecule has 0 aliphatic carbocycles. The zero-order valence-corrected chi connectivity index (χ0v) is 10.5. The van der Waals surface area contributed by atoms with Gasteiger partial charge < -0.3 is 5.73 Å². The molecule has 5 heteroatoms. The summed E-state index contributed by atoms with van der Waals surface area (Å²) in [6.45, 7) is 4.13. The standard InChI is InChI=1S/C11H18N2O2S/c1-9(2)7-16(14,15)8-10-3-4-13-11(5-10)6-12/h3-5,9H,6-8,12H2,1-2H3. The molecule has 0 unspecified atom stereocenters. The number of rotatable bonds is 5. The third-order valence-corrected chi connectivity index (χ3v) is 4.01. The molecule has 1 heterocycles. The lowest BCUT2D eigenvalue weighted by Crippen LogP contribution is -2.14. The molecule has 2 N–H and O–H groups in total. The fourth-order valence-electron chi connectivity index (χ4n) is 1.55. The minimum Gasteiger partial charge on any atom is -0.325 e. The van der Waals surface area contributed by atoms with Crippen LogP contribution in [0.5, 0.6) is 0 Å². The molecule has 0 saturated carbocycles. The Morgan fingerprint density at radius 2 is 2.12 bits per heavy atom. The molecule has 16 heavy (non-hydrogen) atoms. The highest BCUT2D eigenvalue weighted by Crippen LogP contribution is 2.10. The number of aromatic nitrogens is 1. The topological polar surface area (TPSA) is 73.0 Å². The third kappa shape index (κ3) is 4.28. The van der Waals surface area contributed by atoms with Gasteiger partial charge >= 0.3 is 0 Å². The largest absolute Gasteiger partial charge is 0.325 e. The maximum Gasteiger partial charge on any atom is 0.154 e. The molecule has 1 aromatic heterocycles. The first-order valence-electron chi connectivity index (χ1n) is 5.27. The number of nitrogens with two attached hydrogens (primary N) is 1. The molecule has 4 nitrogen and oxygen atoms in total. The van der Waals surface area contributed by atoms with Crippen LogP contribution in [-0.2, 0) is 22.1 Å². The van der Waals surface area contributed by atoms with Gasteiger partial charge in [-0.1, -0.05) is 13.8 Å². The predicted octanol–water partition coefficient (Wildman–Crippen LogP) is 1.11. The van der Waals surface area contributed by atoms with Crippen LogP contribution < -0.4 is 5.73 Å². The Balaban J connectivity index is 2.80. The average Bonchev–Trinajstić information content (AvgIpc) is 2.15. The summed E-state index contributed by atoms with van der Waals surface area (Å²) in [7, 11) is -3.03. The first kappa shape index (κ1) is 13.1. The summed E-state index contributed by atoms with van der Waals surface area (Å²) in [5, 5.41) is 0. The Bertz CT molecular complexity index is 441. The fourth-order valence-corrected chi connectivity index (χ4v) is 3.37. The van der Waals surface area contributed by atoms with E-state index in [2.05, 4.69) is 4.98 Å². The van der Waals surface area contributed by atoms with Gasteiger partial charge in [0.1, 0.15) is 0 Å². The second-order valence-electron chi connectivity index (χ2n) is 4.31. The molecule has 1 aromatic rings. The van der Waals surface area contributed by atoms with Crippen LogP contribution in [0.25, 0.3) is 0 Å². The van der Waals surface area contributed by atoms with Crippen LogP contribution >= 0.6 is 0 Å². The van der Waals surface area contributed by atoms with Crippen molar-refractivity contribution in [2.45, 2.75) is 26.1 Å². The van der Waals surface area contributed by atoms with Gasteiger partial charge in [-0.15, -0.1) is 0 Å². The van der Waals surface area contributed by atoms with Crippen LogP contribution in [0.3, 0.4) is 0 Å². The number of hydrogen-bond acceptors (Lipinski definition) is 4. The van der Waals surface area contributed by atoms with Gasteiger partial charge in [0, 0.05) is 12.7 Å². The molecule has 0 spiro atoms. The van der Waals surface area contributed by atoms with Crippen molar-refractivity contribution in [3.05, 3.63) is 29.6 Å². The van der Waals surface area contributed by atoms with E-state index in [0.29, 0.717) is 6.54 Å². The maximum absolute atomic E-state index is 11.8. The smallest absolute Gasteiger partial charge is 0.154 e. The number of hydrogen-bond donors (Lipinski definition) is 1. The summed E-state index contributed by atoms with van der Waals surface area (Å²) in [6.07, 6.45) is 1.60. The zero-order valence-electron chi connectivity index (χ0n) is 9.68. The molecule has 0 saturated heterocycles. The molecule has 0 amide bonds. The van der Waals surface area contributed by atoms with Gasteiger partial charge in [-0.3, -0.25) is 4.98 Å². The van der Waals surface area contributed by atoms with Gasteiger partial charge in [0.25, 0.3) is 0 Å². The monoisotopic (exact) mass is 242 g/mol. The van der Waals surface area contributed by atoms with Crippen LogP contribution in [0.15, 0.2) is 18.3 Å². The van der Waals surface area contributed by atoms with E-state index in [0.717, 1.165) is 11.3 Å². The lowest BCUT2D eigenvalue weighted by Gasteiger charge is -2.07. The van der Waals surface area contributed by atoms with Crippen LogP contribution in [0.1, 0.15) is 25.1 Å². The van der Waals surface area contributed by atoms with Crippen molar-refractivity contribution < 1.29 is 8.42 Å². The summed E-state index contributed by atoms with van der Waals surface area (Å²) in [5.41, 5.74) is 6.93. The number of nitrogens with zero attached hydrogens (tertiary/aromatic N) is 1. The van der Waals surface area contributed by atoms with Crippen molar-refractivity contribution in [2.75, 3.05) is 5.75 Å². The van der Waals surface area contributed by atoms with Crippen molar-refractivity contribution in [1.82, 2.24) is 4.98 Å². The molecule has 0 bridgehead atoms. The molecular formula is C11H18N2O2S. The van der Waals surface area contributed by atoms with E-state index in [1.54, 1.807) is 18.3 Å². The first-order chi connectivity index (χ1) is 7.43. The summed E-state index contributed by atoms with van der Waals surface area (Å²) in [5.74, 6) is 0.439. The lowest BCUT2D eigenvalue weighted by molar-refractivity contribution is 0.581. The van der Waals surface area contributed by atoms with Crippen LogP contribution in [0.4, 0.5) is 0 Å². The highest BCUT2D eigenvalue weighted by Gasteiger charge is 2.14. The van der Waals surface area contributed by atoms with E-state index in [9.17, 15) is 8.42 Å². The van der Waals surface area contributed by atoms with Gasteiger partial charge in [0.05, 0.1) is 17.2 Å². The van der Waals surface area contributed by atoms with Crippen LogP contribution in [-0.4, -0.2) is 19.2 Å². The normalized spacial score (nSPS) is 12.0. The molecule has 0 fully saturated rings. The second kappa shape index (κ2) is 5.41. The average molecular weight is 242 g/mol. The number of sulfone groups is 1. The highest BCUT2D eigenvalue weighted by molar-refractivity contribution is 7.90. The lowest BCUT2D eigenvalue weighted by atomic mass is 10.2. The summed E-state index contributed by atoms with van der Waals surface area (Å²) < 4.78 is 23.5. The molecule has 0 aliphatic heterocycles. The molecule has 0 radical (unpaired) electrons. The summed E-state index contributed by atoms with van der Waals surface area (Å²) >= 11 is 0. The van der Waals surface area contributed by atoms with Crippen molar-refractivity contribution in [3.8, 4) is 0 Å². The van der Waals surface area contributed by atoms with E-state index < -0.39 is 9.84 Å². The van der Waals surface area contributed by atoms with Crippen molar-refractivity contribution in [2.24, 2.45) is 11.7 Å². The van der Waals surface area contributed by atoms with Gasteiger partial charge in [-0.05, 0) is 23.6 Å². The van der Waals surface area contributed by atoms with E-state index in [1.807, 2.05) is 13.8 Å². The fraction of sp³-hybridized carbons (Fsp3) is 0.545. The summed E-state index contributed by atoms with van der Waals surface area (Å²) in [6, 6.07) is 3.47. The van der Waals surface area contributed by atoms with Gasteiger partial charge in [0.2, 0.25) is 0 Å². The van der Waals surface area contributed by atoms with E-state index in [1.165, 1.54) is 0 Å². The third-order valence-electron chi connectivity index (χ3n) is 2.06. The van der Waals surface area contributed by atoms with Gasteiger partial charge in [0.15, 0.2) is 9.84 Å². The minimum atomic E-state index is -3.03. The molecule has 0 aromatic carbocycles. The zero-order chi connectivity index (χ0) is 12.2. The van der Waals surface area contributed by atoms with Crippen LogP contribution in [0.2, 0.25) is 0 Å². The Labute approximate surface area is 96.8 Å². The maximum atomic E-state index is 11.8. The number of pyridine rings is 1. The van der Waals surface area contributed by atoms with Gasteiger partial charge in [-0.2, -0.15) is 0 Å². The molecular weight excluding hydrogens is 224 g/mol. The molecule has 0 atom stereocenters. The highest BCUT2D eigenvalue weighted by atomic mass is 32.2. The Hall–Kier alpha value is -0.940. The van der Waals surface area contributed by atoms with Crippen LogP contribution in [0, 0.1) is 5.92 Å². The summed E-state index contributed by atoms with van der Waals surface area (Å²) in [4.78, 5) is 4.03. The molecule has 1 rings (SSSR count). The minimum absolute atomic E-state index is 0.0701. The van der Waals surface area contributed by atoms with Crippen molar-refractivity contribution in [1.29, 1.82) is 0 Å². The van der Waals surface area contributed by atoms with Crippen molar-refractivity contribution >= 4 is 9.84 Å². The second-order valence-corrected chi connectivity index (χ2v) is 6.42. The Morgan fingerprint density at radius 3 is 2.69 bits per heavy atom. The molecule has 90 valence electrons. The van der Waals surface area contributed by atoms with E-state index in [-0.39, 0.29) is 17.4 Å². The van der Waals surface area contributed by atoms with Crippen molar-refractivity contribution in [3.63, 3.8) is 0 Å². The van der Waals surface area contributed by atoms with E-state index >= 15 is 0 Å². The Kier molecular flexibility index (Phi) is 4.44.